The van der Waals surface area contributed by atoms with Gasteiger partial charge in [-0.05, 0) is 17.7 Å². The maximum absolute atomic E-state index is 12.9. The van der Waals surface area contributed by atoms with Crippen molar-refractivity contribution in [2.45, 2.75) is 6.54 Å². The van der Waals surface area contributed by atoms with Gasteiger partial charge in [0.05, 0.1) is 29.3 Å². The van der Waals surface area contributed by atoms with E-state index in [-0.39, 0.29) is 17.9 Å². The Morgan fingerprint density at radius 3 is 2.64 bits per heavy atom. The Morgan fingerprint density at radius 1 is 1.09 bits per heavy atom. The van der Waals surface area contributed by atoms with E-state index in [1.807, 2.05) is 0 Å². The van der Waals surface area contributed by atoms with Gasteiger partial charge in [0.2, 0.25) is 0 Å². The van der Waals surface area contributed by atoms with E-state index >= 15 is 0 Å². The van der Waals surface area contributed by atoms with Gasteiger partial charge in [0.1, 0.15) is 5.82 Å². The molecule has 0 aliphatic carbocycles. The molecule has 0 fully saturated rings. The van der Waals surface area contributed by atoms with Gasteiger partial charge in [-0.25, -0.2) is 9.37 Å². The van der Waals surface area contributed by atoms with Gasteiger partial charge in [0, 0.05) is 6.20 Å². The third-order valence-corrected chi connectivity index (χ3v) is 3.67. The van der Waals surface area contributed by atoms with E-state index in [1.54, 1.807) is 12.1 Å². The molecule has 1 N–H and O–H groups in total. The Hall–Kier alpha value is -3.09. The number of hydrogen-bond acceptors (Lipinski definition) is 4. The van der Waals surface area contributed by atoms with E-state index in [9.17, 15) is 14.0 Å². The summed E-state index contributed by atoms with van der Waals surface area (Å²) in [5.41, 5.74) is 1.71. The number of rotatable bonds is 2. The molecule has 1 aromatic carbocycles. The number of carbonyl (C=O) groups excluding carboxylic acids is 2. The lowest BCUT2D eigenvalue weighted by Gasteiger charge is -2.13. The van der Waals surface area contributed by atoms with Gasteiger partial charge in [0.25, 0.3) is 11.8 Å². The number of halogens is 1. The summed E-state index contributed by atoms with van der Waals surface area (Å²) < 4.78 is 12.9. The Balaban J connectivity index is 1.75. The van der Waals surface area contributed by atoms with Crippen molar-refractivity contribution >= 4 is 22.8 Å². The van der Waals surface area contributed by atoms with E-state index in [1.165, 1.54) is 24.5 Å². The molecule has 2 amide bonds. The van der Waals surface area contributed by atoms with Crippen LogP contribution in [0, 0.1) is 5.82 Å². The zero-order valence-corrected chi connectivity index (χ0v) is 11.2. The molecule has 0 radical (unpaired) electrons. The van der Waals surface area contributed by atoms with Crippen molar-refractivity contribution in [3.8, 4) is 0 Å². The van der Waals surface area contributed by atoms with Crippen molar-refractivity contribution < 1.29 is 14.0 Å². The van der Waals surface area contributed by atoms with Gasteiger partial charge in [-0.1, -0.05) is 12.1 Å². The SMILES string of the molecule is O=C1c2cnc3[nH]ncc3c2C(=O)N1Cc1ccc(F)cc1. The average Bonchev–Trinajstić information content (AvgIpc) is 3.08. The van der Waals surface area contributed by atoms with Crippen molar-refractivity contribution in [3.05, 3.63) is 59.2 Å². The number of nitrogens with one attached hydrogen (secondary N) is 1. The van der Waals surface area contributed by atoms with Crippen LogP contribution in [0.15, 0.2) is 36.7 Å². The number of amides is 2. The number of hydrogen-bond donors (Lipinski definition) is 1. The summed E-state index contributed by atoms with van der Waals surface area (Å²) in [4.78, 5) is 30.2. The molecule has 22 heavy (non-hydrogen) atoms. The summed E-state index contributed by atoms with van der Waals surface area (Å²) in [5.74, 6) is -1.16. The van der Waals surface area contributed by atoms with Gasteiger partial charge in [0.15, 0.2) is 5.65 Å². The molecule has 0 saturated heterocycles. The van der Waals surface area contributed by atoms with Crippen LogP contribution in [-0.4, -0.2) is 31.9 Å². The van der Waals surface area contributed by atoms with E-state index in [0.717, 1.165) is 4.90 Å². The van der Waals surface area contributed by atoms with Crippen LogP contribution < -0.4 is 0 Å². The maximum atomic E-state index is 12.9. The predicted molar refractivity (Wildman–Crippen MR) is 74.5 cm³/mol. The summed E-state index contributed by atoms with van der Waals surface area (Å²) in [5, 5.41) is 7.04. The molecule has 3 aromatic rings. The highest BCUT2D eigenvalue weighted by Gasteiger charge is 2.37. The monoisotopic (exact) mass is 296 g/mol. The fraction of sp³-hybridized carbons (Fsp3) is 0.0667. The number of aromatic amines is 1. The number of pyridine rings is 1. The third kappa shape index (κ3) is 1.72. The van der Waals surface area contributed by atoms with E-state index in [2.05, 4.69) is 15.2 Å². The lowest BCUT2D eigenvalue weighted by Crippen LogP contribution is -2.29. The van der Waals surface area contributed by atoms with E-state index < -0.39 is 11.8 Å². The maximum Gasteiger partial charge on any atom is 0.263 e. The van der Waals surface area contributed by atoms with Crippen molar-refractivity contribution in [2.75, 3.05) is 0 Å². The standard InChI is InChI=1S/C15H9FN4O2/c16-9-3-1-8(2-4-9)7-20-14(21)11-5-17-13-10(6-18-19-13)12(11)15(20)22/h1-6H,7H2,(H,17,18,19). The summed E-state index contributed by atoms with van der Waals surface area (Å²) in [6.45, 7) is 0.0893. The number of imide groups is 1. The molecule has 108 valence electrons. The van der Waals surface area contributed by atoms with E-state index in [0.29, 0.717) is 22.2 Å². The Morgan fingerprint density at radius 2 is 1.86 bits per heavy atom. The Kier molecular flexibility index (Phi) is 2.56. The lowest BCUT2D eigenvalue weighted by atomic mass is 10.1. The van der Waals surface area contributed by atoms with Crippen LogP contribution in [-0.2, 0) is 6.54 Å². The number of H-pyrrole nitrogens is 1. The van der Waals surface area contributed by atoms with Gasteiger partial charge in [-0.2, -0.15) is 5.10 Å². The molecule has 7 heteroatoms. The van der Waals surface area contributed by atoms with Crippen LogP contribution in [0.1, 0.15) is 26.3 Å². The molecule has 3 heterocycles. The van der Waals surface area contributed by atoms with Gasteiger partial charge >= 0.3 is 0 Å². The summed E-state index contributed by atoms with van der Waals surface area (Å²) in [6, 6.07) is 5.68. The van der Waals surface area contributed by atoms with Crippen LogP contribution >= 0.6 is 0 Å². The summed E-state index contributed by atoms with van der Waals surface area (Å²) in [7, 11) is 0. The first kappa shape index (κ1) is 12.6. The largest absolute Gasteiger partial charge is 0.270 e. The fourth-order valence-corrected chi connectivity index (χ4v) is 2.58. The Bertz CT molecular complexity index is 917. The number of carbonyl (C=O) groups is 2. The molecule has 0 unspecified atom stereocenters. The number of fused-ring (bicyclic) bond motifs is 3. The van der Waals surface area contributed by atoms with Crippen molar-refractivity contribution in [1.82, 2.24) is 20.1 Å². The molecule has 6 nitrogen and oxygen atoms in total. The van der Waals surface area contributed by atoms with Crippen molar-refractivity contribution in [3.63, 3.8) is 0 Å². The second-order valence-corrected chi connectivity index (χ2v) is 5.00. The van der Waals surface area contributed by atoms with Gasteiger partial charge in [-0.3, -0.25) is 19.6 Å². The molecule has 0 bridgehead atoms. The molecule has 0 saturated carbocycles. The number of aromatic nitrogens is 3. The highest BCUT2D eigenvalue weighted by molar-refractivity contribution is 6.25. The zero-order valence-electron chi connectivity index (χ0n) is 11.2. The van der Waals surface area contributed by atoms with Crippen LogP contribution in [0.25, 0.3) is 11.0 Å². The van der Waals surface area contributed by atoms with E-state index in [4.69, 9.17) is 0 Å². The predicted octanol–water partition coefficient (Wildman–Crippen LogP) is 1.89. The quantitative estimate of drug-likeness (QED) is 0.732. The minimum Gasteiger partial charge on any atom is -0.270 e. The smallest absolute Gasteiger partial charge is 0.263 e. The average molecular weight is 296 g/mol. The minimum atomic E-state index is -0.403. The van der Waals surface area contributed by atoms with Crippen LogP contribution in [0.5, 0.6) is 0 Å². The second-order valence-electron chi connectivity index (χ2n) is 5.00. The van der Waals surface area contributed by atoms with Crippen LogP contribution in [0.2, 0.25) is 0 Å². The molecule has 1 aliphatic rings. The second kappa shape index (κ2) is 4.45. The number of benzene rings is 1. The zero-order chi connectivity index (χ0) is 15.3. The third-order valence-electron chi connectivity index (χ3n) is 3.67. The molecule has 1 aliphatic heterocycles. The molecule has 0 spiro atoms. The molecule has 2 aromatic heterocycles. The normalized spacial score (nSPS) is 14.0. The first-order chi connectivity index (χ1) is 10.6. The highest BCUT2D eigenvalue weighted by Crippen LogP contribution is 2.29. The van der Waals surface area contributed by atoms with Crippen molar-refractivity contribution in [1.29, 1.82) is 0 Å². The Labute approximate surface area is 123 Å². The summed E-state index contributed by atoms with van der Waals surface area (Å²) in [6.07, 6.45) is 2.86. The first-order valence-electron chi connectivity index (χ1n) is 6.58. The van der Waals surface area contributed by atoms with Crippen molar-refractivity contribution in [2.24, 2.45) is 0 Å². The molecule has 0 atom stereocenters. The first-order valence-corrected chi connectivity index (χ1v) is 6.58. The topological polar surface area (TPSA) is 79.0 Å². The molecular formula is C15H9FN4O2. The lowest BCUT2D eigenvalue weighted by molar-refractivity contribution is 0.0643. The highest BCUT2D eigenvalue weighted by atomic mass is 19.1. The van der Waals surface area contributed by atoms with Crippen LogP contribution in [0.4, 0.5) is 4.39 Å². The minimum absolute atomic E-state index is 0.0893. The van der Waals surface area contributed by atoms with Crippen LogP contribution in [0.3, 0.4) is 0 Å². The van der Waals surface area contributed by atoms with Gasteiger partial charge in [-0.15, -0.1) is 0 Å². The number of nitrogens with zero attached hydrogens (tertiary/aromatic N) is 3. The molecule has 4 rings (SSSR count). The summed E-state index contributed by atoms with van der Waals surface area (Å²) >= 11 is 0. The molecular weight excluding hydrogens is 287 g/mol. The fourth-order valence-electron chi connectivity index (χ4n) is 2.58. The van der Waals surface area contributed by atoms with Gasteiger partial charge < -0.3 is 0 Å².